The summed E-state index contributed by atoms with van der Waals surface area (Å²) in [7, 11) is -4.16. The van der Waals surface area contributed by atoms with Gasteiger partial charge >= 0.3 is 6.18 Å². The Bertz CT molecular complexity index is 1330. The van der Waals surface area contributed by atoms with Crippen molar-refractivity contribution in [3.8, 4) is 17.2 Å². The number of hydrogen-bond acceptors (Lipinski definition) is 5. The maximum atomic E-state index is 13.6. The van der Waals surface area contributed by atoms with E-state index in [0.29, 0.717) is 11.6 Å². The molecule has 35 heavy (non-hydrogen) atoms. The molecule has 0 radical (unpaired) electrons. The smallest absolute Gasteiger partial charge is 0.379 e. The summed E-state index contributed by atoms with van der Waals surface area (Å²) in [5.74, 6) is -3.71. The van der Waals surface area contributed by atoms with Gasteiger partial charge in [-0.05, 0) is 49.3 Å². The first-order valence-electron chi connectivity index (χ1n) is 10.5. The first-order valence-corrected chi connectivity index (χ1v) is 12.1. The van der Waals surface area contributed by atoms with Gasteiger partial charge in [0.25, 0.3) is 5.91 Å². The number of nitriles is 1. The van der Waals surface area contributed by atoms with Gasteiger partial charge in [0, 0.05) is 5.70 Å². The maximum Gasteiger partial charge on any atom is 0.399 e. The molecule has 0 fully saturated rings. The predicted molar refractivity (Wildman–Crippen MR) is 123 cm³/mol. The van der Waals surface area contributed by atoms with Crippen molar-refractivity contribution in [3.05, 3.63) is 78.5 Å². The third-order valence-electron chi connectivity index (χ3n) is 5.84. The van der Waals surface area contributed by atoms with Crippen molar-refractivity contribution in [2.45, 2.75) is 30.5 Å². The van der Waals surface area contributed by atoms with Crippen molar-refractivity contribution in [2.24, 2.45) is 11.3 Å². The molecule has 1 aliphatic carbocycles. The van der Waals surface area contributed by atoms with Gasteiger partial charge in [0.1, 0.15) is 5.41 Å². The largest absolute Gasteiger partial charge is 0.399 e. The molecule has 1 aliphatic rings. The molecular formula is C25H23F3N2O4S. The van der Waals surface area contributed by atoms with Crippen LogP contribution in [0, 0.1) is 22.7 Å². The van der Waals surface area contributed by atoms with Gasteiger partial charge in [-0.2, -0.15) is 18.4 Å². The molecule has 3 unspecified atom stereocenters. The number of nitrogens with one attached hydrogen (secondary N) is 1. The minimum Gasteiger partial charge on any atom is -0.379 e. The van der Waals surface area contributed by atoms with E-state index < -0.39 is 44.6 Å². The van der Waals surface area contributed by atoms with Crippen LogP contribution in [0.5, 0.6) is 0 Å². The number of benzene rings is 2. The molecular weight excluding hydrogens is 481 g/mol. The molecule has 3 atom stereocenters. The van der Waals surface area contributed by atoms with E-state index in [4.69, 9.17) is 5.26 Å². The highest BCUT2D eigenvalue weighted by Crippen LogP contribution is 2.47. The van der Waals surface area contributed by atoms with Gasteiger partial charge in [-0.1, -0.05) is 48.5 Å². The lowest BCUT2D eigenvalue weighted by atomic mass is 9.73. The average molecular weight is 505 g/mol. The van der Waals surface area contributed by atoms with Crippen molar-refractivity contribution in [3.63, 3.8) is 0 Å². The number of sulfone groups is 1. The normalized spacial score (nSPS) is 22.0. The number of carbonyl (C=O) groups is 1. The van der Waals surface area contributed by atoms with E-state index in [2.05, 4.69) is 5.32 Å². The number of halogens is 3. The van der Waals surface area contributed by atoms with Crippen LogP contribution in [0.4, 0.5) is 13.2 Å². The molecule has 2 aromatic carbocycles. The van der Waals surface area contributed by atoms with Crippen molar-refractivity contribution in [1.82, 2.24) is 5.32 Å². The van der Waals surface area contributed by atoms with E-state index in [-0.39, 0.29) is 10.6 Å². The number of hydrogen-bond donors (Lipinski definition) is 2. The zero-order chi connectivity index (χ0) is 26.1. The molecule has 6 nitrogen and oxygen atoms in total. The third-order valence-corrected chi connectivity index (χ3v) is 7.75. The summed E-state index contributed by atoms with van der Waals surface area (Å²) in [5, 5.41) is 21.9. The standard InChI is InChI=1S/C25H23F3N2O4S/c1-23(25(26,27)28)14-20(12-11-19(23)15-29)30-22(31)24(2,32)16-35(33,34)21-10-6-9-18(13-21)17-7-4-3-5-8-17/h3-14,19,32H,16H2,1-2H3,(H,30,31). The number of alkyl halides is 3. The number of rotatable bonds is 6. The molecule has 184 valence electrons. The lowest BCUT2D eigenvalue weighted by Gasteiger charge is -2.35. The summed E-state index contributed by atoms with van der Waals surface area (Å²) in [6, 6.07) is 16.6. The molecule has 0 aliphatic heterocycles. The molecule has 0 aromatic heterocycles. The number of nitrogens with zero attached hydrogens (tertiary/aromatic N) is 1. The Hall–Kier alpha value is -3.42. The molecule has 3 rings (SSSR count). The molecule has 10 heteroatoms. The van der Waals surface area contributed by atoms with Crippen LogP contribution < -0.4 is 5.32 Å². The van der Waals surface area contributed by atoms with E-state index in [1.165, 1.54) is 18.2 Å². The SMILES string of the molecule is CC(O)(CS(=O)(=O)c1cccc(-c2ccccc2)c1)C(=O)NC1=CC(C)(C(F)(F)F)C(C#N)C=C1. The summed E-state index contributed by atoms with van der Waals surface area (Å²) >= 11 is 0. The summed E-state index contributed by atoms with van der Waals surface area (Å²) in [5.41, 5.74) is -3.95. The predicted octanol–water partition coefficient (Wildman–Crippen LogP) is 4.16. The summed E-state index contributed by atoms with van der Waals surface area (Å²) in [6.07, 6.45) is -1.98. The molecule has 0 spiro atoms. The molecule has 0 saturated carbocycles. The van der Waals surface area contributed by atoms with Crippen LogP contribution in [-0.2, 0) is 14.6 Å². The second-order valence-corrected chi connectivity index (χ2v) is 10.7. The molecule has 0 heterocycles. The molecule has 2 N–H and O–H groups in total. The van der Waals surface area contributed by atoms with Gasteiger partial charge in [0.2, 0.25) is 0 Å². The van der Waals surface area contributed by atoms with Crippen LogP contribution in [0.25, 0.3) is 11.1 Å². The first kappa shape index (κ1) is 26.2. The molecule has 2 aromatic rings. The number of aliphatic hydroxyl groups is 1. The van der Waals surface area contributed by atoms with Gasteiger partial charge in [0.05, 0.1) is 22.6 Å². The van der Waals surface area contributed by atoms with Gasteiger partial charge in [-0.15, -0.1) is 0 Å². The van der Waals surface area contributed by atoms with Gasteiger partial charge in [-0.25, -0.2) is 8.42 Å². The van der Waals surface area contributed by atoms with Crippen LogP contribution in [-0.4, -0.2) is 37.0 Å². The number of carbonyl (C=O) groups excluding carboxylic acids is 1. The number of amides is 1. The molecule has 1 amide bonds. The van der Waals surface area contributed by atoms with E-state index in [1.807, 2.05) is 6.07 Å². The Labute approximate surface area is 201 Å². The van der Waals surface area contributed by atoms with Crippen LogP contribution >= 0.6 is 0 Å². The van der Waals surface area contributed by atoms with Crippen LogP contribution in [0.1, 0.15) is 13.8 Å². The topological polar surface area (TPSA) is 107 Å². The Balaban J connectivity index is 1.82. The van der Waals surface area contributed by atoms with E-state index in [1.54, 1.807) is 36.4 Å². The van der Waals surface area contributed by atoms with Gasteiger partial charge in [0.15, 0.2) is 15.4 Å². The van der Waals surface area contributed by atoms with E-state index in [0.717, 1.165) is 31.6 Å². The highest BCUT2D eigenvalue weighted by molar-refractivity contribution is 7.91. The van der Waals surface area contributed by atoms with Crippen molar-refractivity contribution in [2.75, 3.05) is 5.75 Å². The summed E-state index contributed by atoms with van der Waals surface area (Å²) in [6.45, 7) is 1.79. The highest BCUT2D eigenvalue weighted by atomic mass is 32.2. The summed E-state index contributed by atoms with van der Waals surface area (Å²) in [4.78, 5) is 12.6. The Morgan fingerprint density at radius 1 is 1.14 bits per heavy atom. The summed E-state index contributed by atoms with van der Waals surface area (Å²) < 4.78 is 66.8. The van der Waals surface area contributed by atoms with Crippen molar-refractivity contribution < 1.29 is 31.5 Å². The first-order chi connectivity index (χ1) is 16.2. The van der Waals surface area contributed by atoms with Gasteiger partial charge < -0.3 is 10.4 Å². The molecule has 0 bridgehead atoms. The Morgan fingerprint density at radius 3 is 2.37 bits per heavy atom. The fourth-order valence-electron chi connectivity index (χ4n) is 3.66. The monoisotopic (exact) mass is 504 g/mol. The number of allylic oxidation sites excluding steroid dienone is 3. The van der Waals surface area contributed by atoms with E-state index >= 15 is 0 Å². The zero-order valence-electron chi connectivity index (χ0n) is 18.9. The van der Waals surface area contributed by atoms with Crippen molar-refractivity contribution in [1.29, 1.82) is 5.26 Å². The maximum absolute atomic E-state index is 13.6. The molecule has 0 saturated heterocycles. The minimum atomic E-state index is -4.79. The second kappa shape index (κ2) is 9.32. The van der Waals surface area contributed by atoms with Gasteiger partial charge in [-0.3, -0.25) is 4.79 Å². The quantitative estimate of drug-likeness (QED) is 0.615. The fourth-order valence-corrected chi connectivity index (χ4v) is 5.29. The van der Waals surface area contributed by atoms with Crippen molar-refractivity contribution >= 4 is 15.7 Å². The lowest BCUT2D eigenvalue weighted by Crippen LogP contribution is -2.49. The van der Waals surface area contributed by atoms with E-state index in [9.17, 15) is 31.5 Å². The highest BCUT2D eigenvalue weighted by Gasteiger charge is 2.55. The lowest BCUT2D eigenvalue weighted by molar-refractivity contribution is -0.207. The zero-order valence-corrected chi connectivity index (χ0v) is 19.7. The fraction of sp³-hybridized carbons (Fsp3) is 0.280. The average Bonchev–Trinajstić information content (AvgIpc) is 2.78. The second-order valence-electron chi connectivity index (χ2n) is 8.73. The van der Waals surface area contributed by atoms with Crippen LogP contribution in [0.3, 0.4) is 0 Å². The Morgan fingerprint density at radius 2 is 1.77 bits per heavy atom. The minimum absolute atomic E-state index is 0.120. The Kier molecular flexibility index (Phi) is 6.97. The third kappa shape index (κ3) is 5.47. The van der Waals surface area contributed by atoms with Crippen LogP contribution in [0.2, 0.25) is 0 Å². The van der Waals surface area contributed by atoms with Crippen LogP contribution in [0.15, 0.2) is 83.4 Å².